The number of hydrogen-bond donors (Lipinski definition) is 0. The zero-order valence-electron chi connectivity index (χ0n) is 16.7. The summed E-state index contributed by atoms with van der Waals surface area (Å²) < 4.78 is 59.4. The van der Waals surface area contributed by atoms with Gasteiger partial charge in [-0.25, -0.2) is 0 Å². The van der Waals surface area contributed by atoms with E-state index in [2.05, 4.69) is 20.3 Å². The molecule has 0 aliphatic rings. The molecular weight excluding hydrogens is 449 g/mol. The van der Waals surface area contributed by atoms with Crippen LogP contribution in [0.3, 0.4) is 0 Å². The lowest BCUT2D eigenvalue weighted by atomic mass is 10.1. The minimum absolute atomic E-state index is 0.184. The molecule has 0 spiro atoms. The van der Waals surface area contributed by atoms with E-state index in [9.17, 15) is 13.2 Å². The Morgan fingerprint density at radius 3 is 2.25 bits per heavy atom. The van der Waals surface area contributed by atoms with Gasteiger partial charge in [0, 0.05) is 17.2 Å². The van der Waals surface area contributed by atoms with Gasteiger partial charge in [0.1, 0.15) is 11.5 Å². The van der Waals surface area contributed by atoms with Crippen LogP contribution < -0.4 is 9.47 Å². The summed E-state index contributed by atoms with van der Waals surface area (Å²) in [5.74, 6) is 2.11. The van der Waals surface area contributed by atoms with Crippen molar-refractivity contribution in [3.05, 3.63) is 53.9 Å². The van der Waals surface area contributed by atoms with E-state index in [0.717, 1.165) is 12.1 Å². The van der Waals surface area contributed by atoms with Crippen LogP contribution in [0.5, 0.6) is 11.5 Å². The molecule has 0 amide bonds. The summed E-state index contributed by atoms with van der Waals surface area (Å²) >= 11 is 1.18. The standard InChI is InChI=1S/C20H15F3N4O4S/c1-28-14-7-12(8-15(9-14)29-2)18-25-26-19(30-18)32-10-16-24-17(27-31-16)11-3-5-13(6-4-11)20(21,22)23/h3-9H,10H2,1-2H3. The van der Waals surface area contributed by atoms with Crippen molar-refractivity contribution < 1.29 is 31.6 Å². The van der Waals surface area contributed by atoms with E-state index in [-0.39, 0.29) is 28.6 Å². The highest BCUT2D eigenvalue weighted by Crippen LogP contribution is 2.32. The molecule has 0 bridgehead atoms. The fraction of sp³-hybridized carbons (Fsp3) is 0.200. The van der Waals surface area contributed by atoms with Crippen molar-refractivity contribution in [3.63, 3.8) is 0 Å². The third kappa shape index (κ3) is 4.85. The van der Waals surface area contributed by atoms with Crippen LogP contribution in [0.2, 0.25) is 0 Å². The average molecular weight is 464 g/mol. The number of methoxy groups -OCH3 is 2. The van der Waals surface area contributed by atoms with E-state index in [1.54, 1.807) is 18.2 Å². The first kappa shape index (κ1) is 21.7. The van der Waals surface area contributed by atoms with E-state index in [1.165, 1.54) is 38.1 Å². The number of rotatable bonds is 7. The average Bonchev–Trinajstić information content (AvgIpc) is 3.46. The van der Waals surface area contributed by atoms with Gasteiger partial charge in [-0.15, -0.1) is 10.2 Å². The van der Waals surface area contributed by atoms with E-state index >= 15 is 0 Å². The summed E-state index contributed by atoms with van der Waals surface area (Å²) in [5.41, 5.74) is 0.286. The molecule has 0 aliphatic carbocycles. The van der Waals surface area contributed by atoms with E-state index in [4.69, 9.17) is 18.4 Å². The molecule has 0 saturated carbocycles. The van der Waals surface area contributed by atoms with Crippen LogP contribution >= 0.6 is 11.8 Å². The zero-order valence-corrected chi connectivity index (χ0v) is 17.5. The molecule has 12 heteroatoms. The summed E-state index contributed by atoms with van der Waals surface area (Å²) in [5, 5.41) is 12.1. The molecule has 2 heterocycles. The topological polar surface area (TPSA) is 96.3 Å². The van der Waals surface area contributed by atoms with Crippen molar-refractivity contribution in [3.8, 4) is 34.3 Å². The first-order valence-corrected chi connectivity index (χ1v) is 10.0. The monoisotopic (exact) mass is 464 g/mol. The first-order chi connectivity index (χ1) is 15.4. The third-order valence-electron chi connectivity index (χ3n) is 4.26. The van der Waals surface area contributed by atoms with Gasteiger partial charge in [0.15, 0.2) is 0 Å². The van der Waals surface area contributed by atoms with Gasteiger partial charge in [0.05, 0.1) is 25.5 Å². The lowest BCUT2D eigenvalue weighted by Gasteiger charge is -2.05. The largest absolute Gasteiger partial charge is 0.497 e. The number of aromatic nitrogens is 4. The number of hydrogen-bond acceptors (Lipinski definition) is 9. The van der Waals surface area contributed by atoms with Gasteiger partial charge in [-0.1, -0.05) is 29.1 Å². The highest BCUT2D eigenvalue weighted by atomic mass is 32.2. The predicted octanol–water partition coefficient (Wildman–Crippen LogP) is 5.11. The lowest BCUT2D eigenvalue weighted by molar-refractivity contribution is -0.137. The van der Waals surface area contributed by atoms with Crippen LogP contribution in [0.25, 0.3) is 22.8 Å². The molecule has 166 valence electrons. The Morgan fingerprint density at radius 2 is 1.62 bits per heavy atom. The molecule has 4 rings (SSSR count). The highest BCUT2D eigenvalue weighted by molar-refractivity contribution is 7.98. The van der Waals surface area contributed by atoms with Crippen LogP contribution in [0.1, 0.15) is 11.5 Å². The Balaban J connectivity index is 1.43. The van der Waals surface area contributed by atoms with Gasteiger partial charge in [-0.05, 0) is 24.3 Å². The minimum Gasteiger partial charge on any atom is -0.497 e. The van der Waals surface area contributed by atoms with Crippen molar-refractivity contribution in [2.24, 2.45) is 0 Å². The Morgan fingerprint density at radius 1 is 0.938 bits per heavy atom. The minimum atomic E-state index is -4.41. The van der Waals surface area contributed by atoms with E-state index in [1.807, 2.05) is 0 Å². The van der Waals surface area contributed by atoms with Gasteiger partial charge < -0.3 is 18.4 Å². The molecule has 0 unspecified atom stereocenters. The van der Waals surface area contributed by atoms with Crippen LogP contribution in [0.15, 0.2) is 56.6 Å². The molecule has 2 aromatic carbocycles. The van der Waals surface area contributed by atoms with E-state index < -0.39 is 11.7 Å². The summed E-state index contributed by atoms with van der Waals surface area (Å²) in [4.78, 5) is 4.19. The fourth-order valence-electron chi connectivity index (χ4n) is 2.68. The molecule has 0 aliphatic heterocycles. The molecule has 0 radical (unpaired) electrons. The van der Waals surface area contributed by atoms with Crippen molar-refractivity contribution >= 4 is 11.8 Å². The van der Waals surface area contributed by atoms with Gasteiger partial charge in [0.25, 0.3) is 5.22 Å². The van der Waals surface area contributed by atoms with E-state index in [0.29, 0.717) is 22.6 Å². The van der Waals surface area contributed by atoms with Crippen molar-refractivity contribution in [1.82, 2.24) is 20.3 Å². The molecule has 8 nitrogen and oxygen atoms in total. The molecule has 2 aromatic heterocycles. The first-order valence-electron chi connectivity index (χ1n) is 9.05. The summed E-state index contributed by atoms with van der Waals surface area (Å²) in [6.07, 6.45) is -4.41. The van der Waals surface area contributed by atoms with Crippen LogP contribution in [0.4, 0.5) is 13.2 Å². The van der Waals surface area contributed by atoms with Crippen molar-refractivity contribution in [2.45, 2.75) is 17.2 Å². The Labute approximate surface area is 183 Å². The van der Waals surface area contributed by atoms with Gasteiger partial charge >= 0.3 is 6.18 Å². The summed E-state index contributed by atoms with van der Waals surface area (Å²) in [6, 6.07) is 9.70. The maximum absolute atomic E-state index is 12.7. The second kappa shape index (κ2) is 8.91. The Kier molecular flexibility index (Phi) is 6.04. The number of thioether (sulfide) groups is 1. The maximum Gasteiger partial charge on any atom is 0.416 e. The zero-order chi connectivity index (χ0) is 22.7. The third-order valence-corrected chi connectivity index (χ3v) is 5.07. The maximum atomic E-state index is 12.7. The fourth-order valence-corrected chi connectivity index (χ4v) is 3.28. The second-order valence-electron chi connectivity index (χ2n) is 6.35. The van der Waals surface area contributed by atoms with Crippen LogP contribution in [-0.4, -0.2) is 34.6 Å². The quantitative estimate of drug-likeness (QED) is 0.346. The molecule has 0 saturated heterocycles. The molecule has 0 fully saturated rings. The van der Waals surface area contributed by atoms with Crippen LogP contribution in [-0.2, 0) is 11.9 Å². The molecule has 0 atom stereocenters. The number of benzene rings is 2. The Hall–Kier alpha value is -3.54. The normalized spacial score (nSPS) is 11.5. The smallest absolute Gasteiger partial charge is 0.416 e. The SMILES string of the molecule is COc1cc(OC)cc(-c2nnc(SCc3nc(-c4ccc(C(F)(F)F)cc4)no3)o2)c1. The Bertz CT molecular complexity index is 1190. The number of halogens is 3. The molecule has 0 N–H and O–H groups in total. The van der Waals surface area contributed by atoms with Crippen LogP contribution in [0, 0.1) is 0 Å². The van der Waals surface area contributed by atoms with Gasteiger partial charge in [0.2, 0.25) is 17.6 Å². The number of nitrogens with zero attached hydrogens (tertiary/aromatic N) is 4. The number of ether oxygens (including phenoxy) is 2. The second-order valence-corrected chi connectivity index (χ2v) is 7.28. The molecule has 32 heavy (non-hydrogen) atoms. The summed E-state index contributed by atoms with van der Waals surface area (Å²) in [7, 11) is 3.08. The van der Waals surface area contributed by atoms with Crippen molar-refractivity contribution in [1.29, 1.82) is 0 Å². The van der Waals surface area contributed by atoms with Gasteiger partial charge in [-0.2, -0.15) is 18.2 Å². The lowest BCUT2D eigenvalue weighted by Crippen LogP contribution is -2.04. The predicted molar refractivity (Wildman–Crippen MR) is 107 cm³/mol. The molecule has 4 aromatic rings. The number of alkyl halides is 3. The van der Waals surface area contributed by atoms with Crippen molar-refractivity contribution in [2.75, 3.05) is 14.2 Å². The highest BCUT2D eigenvalue weighted by Gasteiger charge is 2.30. The molecular formula is C20H15F3N4O4S. The van der Waals surface area contributed by atoms with Gasteiger partial charge in [-0.3, -0.25) is 0 Å². The summed E-state index contributed by atoms with van der Waals surface area (Å²) in [6.45, 7) is 0.